The summed E-state index contributed by atoms with van der Waals surface area (Å²) in [5, 5.41) is 13.9. The van der Waals surface area contributed by atoms with Crippen molar-refractivity contribution in [3.8, 4) is 5.75 Å². The highest BCUT2D eigenvalue weighted by Gasteiger charge is 2.15. The van der Waals surface area contributed by atoms with Crippen molar-refractivity contribution < 1.29 is 14.1 Å². The van der Waals surface area contributed by atoms with E-state index in [1.807, 2.05) is 0 Å². The van der Waals surface area contributed by atoms with Crippen LogP contribution < -0.4 is 10.1 Å². The number of hydrogen-bond acceptors (Lipinski definition) is 4. The molecule has 0 fully saturated rings. The SMILES string of the molecule is COc1ccc([N+](=O)[O-])c(NCc2cc(Br)ccc2F)c1. The van der Waals surface area contributed by atoms with Gasteiger partial charge in [0.05, 0.1) is 12.0 Å². The van der Waals surface area contributed by atoms with Crippen molar-refractivity contribution in [1.82, 2.24) is 0 Å². The van der Waals surface area contributed by atoms with Gasteiger partial charge < -0.3 is 10.1 Å². The van der Waals surface area contributed by atoms with E-state index in [2.05, 4.69) is 21.2 Å². The monoisotopic (exact) mass is 354 g/mol. The summed E-state index contributed by atoms with van der Waals surface area (Å²) in [5.74, 6) is 0.106. The summed E-state index contributed by atoms with van der Waals surface area (Å²) in [6.07, 6.45) is 0. The lowest BCUT2D eigenvalue weighted by molar-refractivity contribution is -0.384. The highest BCUT2D eigenvalue weighted by molar-refractivity contribution is 9.10. The number of methoxy groups -OCH3 is 1. The third-order valence-corrected chi connectivity index (χ3v) is 3.37. The van der Waals surface area contributed by atoms with Gasteiger partial charge >= 0.3 is 0 Å². The van der Waals surface area contributed by atoms with E-state index in [1.54, 1.807) is 12.1 Å². The van der Waals surface area contributed by atoms with Crippen molar-refractivity contribution in [2.75, 3.05) is 12.4 Å². The number of nitrogens with zero attached hydrogens (tertiary/aromatic N) is 1. The van der Waals surface area contributed by atoms with Gasteiger partial charge in [0.2, 0.25) is 0 Å². The molecule has 0 unspecified atom stereocenters. The lowest BCUT2D eigenvalue weighted by Crippen LogP contribution is -2.04. The summed E-state index contributed by atoms with van der Waals surface area (Å²) in [7, 11) is 1.47. The van der Waals surface area contributed by atoms with Crippen LogP contribution in [0.4, 0.5) is 15.8 Å². The highest BCUT2D eigenvalue weighted by Crippen LogP contribution is 2.29. The zero-order chi connectivity index (χ0) is 15.4. The van der Waals surface area contributed by atoms with Gasteiger partial charge in [-0.15, -0.1) is 0 Å². The Morgan fingerprint density at radius 2 is 2.10 bits per heavy atom. The van der Waals surface area contributed by atoms with Crippen LogP contribution in [0.3, 0.4) is 0 Å². The van der Waals surface area contributed by atoms with Crippen LogP contribution in [0.2, 0.25) is 0 Å². The van der Waals surface area contributed by atoms with E-state index in [1.165, 1.54) is 31.4 Å². The number of benzene rings is 2. The summed E-state index contributed by atoms with van der Waals surface area (Å²) in [6.45, 7) is 0.124. The van der Waals surface area contributed by atoms with Gasteiger partial charge in [0, 0.05) is 28.7 Å². The lowest BCUT2D eigenvalue weighted by Gasteiger charge is -2.10. The van der Waals surface area contributed by atoms with Gasteiger partial charge in [-0.2, -0.15) is 0 Å². The molecule has 0 heterocycles. The maximum atomic E-state index is 13.7. The minimum Gasteiger partial charge on any atom is -0.497 e. The fourth-order valence-corrected chi connectivity index (χ4v) is 2.22. The minimum absolute atomic E-state index is 0.0915. The number of nitro benzene ring substituents is 1. The van der Waals surface area contributed by atoms with Crippen LogP contribution >= 0.6 is 15.9 Å². The maximum absolute atomic E-state index is 13.7. The molecule has 0 aliphatic heterocycles. The van der Waals surface area contributed by atoms with Gasteiger partial charge in [-0.25, -0.2) is 4.39 Å². The van der Waals surface area contributed by atoms with Gasteiger partial charge in [-0.3, -0.25) is 10.1 Å². The Hall–Kier alpha value is -2.15. The number of halogens is 2. The number of rotatable bonds is 5. The number of nitrogens with one attached hydrogen (secondary N) is 1. The third-order valence-electron chi connectivity index (χ3n) is 2.88. The van der Waals surface area contributed by atoms with Crippen LogP contribution in [-0.4, -0.2) is 12.0 Å². The molecular weight excluding hydrogens is 343 g/mol. The molecule has 21 heavy (non-hydrogen) atoms. The van der Waals surface area contributed by atoms with E-state index in [4.69, 9.17) is 4.74 Å². The van der Waals surface area contributed by atoms with Crippen LogP contribution in [0.25, 0.3) is 0 Å². The first-order valence-electron chi connectivity index (χ1n) is 6.01. The molecule has 0 aromatic heterocycles. The van der Waals surface area contributed by atoms with Gasteiger partial charge in [0.25, 0.3) is 5.69 Å². The Bertz CT molecular complexity index is 679. The zero-order valence-electron chi connectivity index (χ0n) is 11.1. The van der Waals surface area contributed by atoms with Crippen LogP contribution in [0, 0.1) is 15.9 Å². The summed E-state index contributed by atoms with van der Waals surface area (Å²) >= 11 is 3.26. The number of hydrogen-bond donors (Lipinski definition) is 1. The first-order chi connectivity index (χ1) is 10.0. The van der Waals surface area contributed by atoms with Crippen molar-refractivity contribution in [2.24, 2.45) is 0 Å². The molecule has 0 atom stereocenters. The Morgan fingerprint density at radius 3 is 2.76 bits per heavy atom. The number of anilines is 1. The van der Waals surface area contributed by atoms with Crippen LogP contribution in [0.15, 0.2) is 40.9 Å². The van der Waals surface area contributed by atoms with Crippen molar-refractivity contribution in [3.63, 3.8) is 0 Å². The first-order valence-corrected chi connectivity index (χ1v) is 6.81. The largest absolute Gasteiger partial charge is 0.497 e. The molecule has 0 radical (unpaired) electrons. The minimum atomic E-state index is -0.501. The van der Waals surface area contributed by atoms with Crippen LogP contribution in [-0.2, 0) is 6.54 Å². The van der Waals surface area contributed by atoms with Crippen molar-refractivity contribution in [1.29, 1.82) is 0 Å². The molecular formula is C14H12BrFN2O3. The second kappa shape index (κ2) is 6.53. The molecule has 2 rings (SSSR count). The Kier molecular flexibility index (Phi) is 4.74. The standard InChI is InChI=1S/C14H12BrFN2O3/c1-21-11-3-5-14(18(19)20)13(7-11)17-8-9-6-10(15)2-4-12(9)16/h2-7,17H,8H2,1H3. The quantitative estimate of drug-likeness (QED) is 0.647. The highest BCUT2D eigenvalue weighted by atomic mass is 79.9. The van der Waals surface area contributed by atoms with Crippen molar-refractivity contribution in [3.05, 3.63) is 62.4 Å². The van der Waals surface area contributed by atoms with Crippen LogP contribution in [0.1, 0.15) is 5.56 Å². The Labute approximate surface area is 129 Å². The molecule has 5 nitrogen and oxygen atoms in total. The summed E-state index contributed by atoms with van der Waals surface area (Å²) in [4.78, 5) is 10.5. The van der Waals surface area contributed by atoms with E-state index in [-0.39, 0.29) is 23.7 Å². The van der Waals surface area contributed by atoms with Crippen LogP contribution in [0.5, 0.6) is 5.75 Å². The van der Waals surface area contributed by atoms with Gasteiger partial charge in [-0.1, -0.05) is 15.9 Å². The van der Waals surface area contributed by atoms with Gasteiger partial charge in [-0.05, 0) is 24.3 Å². The fraction of sp³-hybridized carbons (Fsp3) is 0.143. The smallest absolute Gasteiger partial charge is 0.292 e. The number of nitro groups is 1. The zero-order valence-corrected chi connectivity index (χ0v) is 12.7. The fourth-order valence-electron chi connectivity index (χ4n) is 1.81. The van der Waals surface area contributed by atoms with Crippen molar-refractivity contribution >= 4 is 27.3 Å². The van der Waals surface area contributed by atoms with Gasteiger partial charge in [0.15, 0.2) is 0 Å². The average molecular weight is 355 g/mol. The molecule has 2 aromatic carbocycles. The summed E-state index contributed by atoms with van der Waals surface area (Å²) in [6, 6.07) is 8.90. The van der Waals surface area contributed by atoms with Gasteiger partial charge in [0.1, 0.15) is 17.3 Å². The van der Waals surface area contributed by atoms with E-state index in [0.29, 0.717) is 11.3 Å². The predicted molar refractivity (Wildman–Crippen MR) is 81.1 cm³/mol. The molecule has 0 bridgehead atoms. The Balaban J connectivity index is 2.26. The molecule has 1 N–H and O–H groups in total. The number of ether oxygens (including phenoxy) is 1. The molecule has 0 aliphatic carbocycles. The van der Waals surface area contributed by atoms with E-state index >= 15 is 0 Å². The second-order valence-corrected chi connectivity index (χ2v) is 5.15. The lowest BCUT2D eigenvalue weighted by atomic mass is 10.2. The van der Waals surface area contributed by atoms with Crippen molar-refractivity contribution in [2.45, 2.75) is 6.54 Å². The third kappa shape index (κ3) is 3.69. The summed E-state index contributed by atoms with van der Waals surface area (Å²) in [5.41, 5.74) is 0.589. The molecule has 0 amide bonds. The molecule has 7 heteroatoms. The van der Waals surface area contributed by atoms with E-state index < -0.39 is 4.92 Å². The van der Waals surface area contributed by atoms with E-state index in [0.717, 1.165) is 4.47 Å². The topological polar surface area (TPSA) is 64.4 Å². The second-order valence-electron chi connectivity index (χ2n) is 4.23. The molecule has 110 valence electrons. The first kappa shape index (κ1) is 15.2. The summed E-state index contributed by atoms with van der Waals surface area (Å²) < 4.78 is 19.4. The Morgan fingerprint density at radius 1 is 1.33 bits per heavy atom. The average Bonchev–Trinajstić information content (AvgIpc) is 2.47. The molecule has 2 aromatic rings. The normalized spacial score (nSPS) is 10.2. The maximum Gasteiger partial charge on any atom is 0.292 e. The molecule has 0 saturated heterocycles. The molecule has 0 aliphatic rings. The van der Waals surface area contributed by atoms with E-state index in [9.17, 15) is 14.5 Å². The molecule has 0 spiro atoms. The predicted octanol–water partition coefficient (Wildman–Crippen LogP) is 4.12. The molecule has 0 saturated carbocycles.